The Morgan fingerprint density at radius 1 is 1.08 bits per heavy atom. The average Bonchev–Trinajstić information content (AvgIpc) is 2.96. The van der Waals surface area contributed by atoms with Crippen molar-refractivity contribution < 1.29 is 19.5 Å². The molecule has 0 aromatic heterocycles. The van der Waals surface area contributed by atoms with Gasteiger partial charge in [0.15, 0.2) is 5.78 Å². The topological polar surface area (TPSA) is 71.4 Å². The summed E-state index contributed by atoms with van der Waals surface area (Å²) in [6.07, 6.45) is 17.5. The number of hydrogen-bond donors (Lipinski definition) is 1. The van der Waals surface area contributed by atoms with E-state index >= 15 is 0 Å². The van der Waals surface area contributed by atoms with Crippen molar-refractivity contribution >= 4 is 17.5 Å². The van der Waals surface area contributed by atoms with Crippen LogP contribution in [0.3, 0.4) is 0 Å². The molecule has 0 radical (unpaired) electrons. The zero-order chi connectivity index (χ0) is 19.2. The molecule has 2 unspecified atom stereocenters. The second kappa shape index (κ2) is 13.5. The minimum absolute atomic E-state index is 0.00518. The van der Waals surface area contributed by atoms with Crippen molar-refractivity contribution in [2.75, 3.05) is 0 Å². The van der Waals surface area contributed by atoms with Gasteiger partial charge < -0.3 is 5.11 Å². The molecule has 0 aromatic carbocycles. The van der Waals surface area contributed by atoms with Gasteiger partial charge in [-0.25, -0.2) is 0 Å². The number of carbonyl (C=O) groups excluding carboxylic acids is 2. The van der Waals surface area contributed by atoms with Gasteiger partial charge in [-0.15, -0.1) is 0 Å². The number of hydrogen-bond acceptors (Lipinski definition) is 3. The van der Waals surface area contributed by atoms with Gasteiger partial charge in [-0.3, -0.25) is 14.4 Å². The lowest BCUT2D eigenvalue weighted by molar-refractivity contribution is -0.137. The van der Waals surface area contributed by atoms with E-state index in [9.17, 15) is 14.4 Å². The average molecular weight is 363 g/mol. The molecule has 0 bridgehead atoms. The van der Waals surface area contributed by atoms with E-state index in [4.69, 9.17) is 5.11 Å². The summed E-state index contributed by atoms with van der Waals surface area (Å²) in [5.74, 6) is -0.105. The number of Topliss-reactive ketones (excluding diaryl/α,β-unsaturated/α-hetero) is 1. The predicted molar refractivity (Wildman–Crippen MR) is 104 cm³/mol. The van der Waals surface area contributed by atoms with Crippen LogP contribution in [0.5, 0.6) is 0 Å². The minimum atomic E-state index is -0.750. The quantitative estimate of drug-likeness (QED) is 0.260. The highest BCUT2D eigenvalue weighted by Gasteiger charge is 2.31. The fraction of sp³-hybridized carbons (Fsp3) is 0.682. The Bertz CT molecular complexity index is 504. The van der Waals surface area contributed by atoms with E-state index in [1.54, 1.807) is 6.08 Å². The van der Waals surface area contributed by atoms with Crippen molar-refractivity contribution in [3.63, 3.8) is 0 Å². The minimum Gasteiger partial charge on any atom is -0.481 e. The van der Waals surface area contributed by atoms with Gasteiger partial charge in [-0.1, -0.05) is 44.4 Å². The van der Waals surface area contributed by atoms with E-state index in [0.717, 1.165) is 38.5 Å². The number of aliphatic carboxylic acids is 1. The fourth-order valence-electron chi connectivity index (χ4n) is 3.41. The van der Waals surface area contributed by atoms with E-state index in [0.29, 0.717) is 25.0 Å². The first-order valence-electron chi connectivity index (χ1n) is 10.1. The maximum atomic E-state index is 12.1. The van der Waals surface area contributed by atoms with E-state index in [-0.39, 0.29) is 24.0 Å². The van der Waals surface area contributed by atoms with Crippen LogP contribution >= 0.6 is 0 Å². The summed E-state index contributed by atoms with van der Waals surface area (Å²) in [7, 11) is 0. The van der Waals surface area contributed by atoms with Crippen LogP contribution in [-0.4, -0.2) is 22.6 Å². The third-order valence-corrected chi connectivity index (χ3v) is 5.03. The molecule has 4 heteroatoms. The predicted octanol–water partition coefficient (Wildman–Crippen LogP) is 5.27. The normalized spacial score (nSPS) is 20.4. The highest BCUT2D eigenvalue weighted by Crippen LogP contribution is 2.32. The Morgan fingerprint density at radius 3 is 2.58 bits per heavy atom. The van der Waals surface area contributed by atoms with Crippen LogP contribution in [0.4, 0.5) is 0 Å². The number of carboxylic acid groups (broad SMARTS) is 1. The molecule has 4 nitrogen and oxygen atoms in total. The van der Waals surface area contributed by atoms with Crippen LogP contribution < -0.4 is 0 Å². The molecule has 0 aliphatic heterocycles. The van der Waals surface area contributed by atoms with E-state index in [1.165, 1.54) is 12.8 Å². The largest absolute Gasteiger partial charge is 0.481 e. The Kier molecular flexibility index (Phi) is 11.6. The van der Waals surface area contributed by atoms with Gasteiger partial charge in [0, 0.05) is 25.2 Å². The Morgan fingerprint density at radius 2 is 1.85 bits per heavy atom. The van der Waals surface area contributed by atoms with Crippen LogP contribution in [0.25, 0.3) is 0 Å². The molecule has 1 saturated carbocycles. The molecular formula is C22H34O4. The maximum Gasteiger partial charge on any atom is 0.303 e. The molecule has 2 atom stereocenters. The zero-order valence-electron chi connectivity index (χ0n) is 16.1. The molecule has 0 saturated heterocycles. The standard InChI is InChI=1S/C22H34O4/c1-2-3-4-8-11-19(23)16-14-18-15-17-21(24)20(18)12-9-6-5-7-10-13-22(25)26/h6,9,14,16,18,20H,2-5,7-8,10-13,15,17H2,1H3,(H,25,26). The zero-order valence-corrected chi connectivity index (χ0v) is 16.1. The number of ketones is 2. The fourth-order valence-corrected chi connectivity index (χ4v) is 3.41. The first-order chi connectivity index (χ1) is 12.5. The molecule has 0 heterocycles. The van der Waals surface area contributed by atoms with Gasteiger partial charge >= 0.3 is 5.97 Å². The van der Waals surface area contributed by atoms with Gasteiger partial charge in [0.25, 0.3) is 0 Å². The Hall–Kier alpha value is -1.71. The van der Waals surface area contributed by atoms with E-state index in [1.807, 2.05) is 18.2 Å². The molecule has 0 amide bonds. The number of unbranched alkanes of at least 4 members (excludes halogenated alkanes) is 5. The summed E-state index contributed by atoms with van der Waals surface area (Å²) in [5, 5.41) is 8.59. The molecule has 1 N–H and O–H groups in total. The lowest BCUT2D eigenvalue weighted by Crippen LogP contribution is -2.12. The lowest BCUT2D eigenvalue weighted by atomic mass is 9.91. The monoisotopic (exact) mass is 362 g/mol. The van der Waals surface area contributed by atoms with Crippen molar-refractivity contribution in [2.45, 2.75) is 84.0 Å². The van der Waals surface area contributed by atoms with Crippen molar-refractivity contribution in [1.82, 2.24) is 0 Å². The van der Waals surface area contributed by atoms with Gasteiger partial charge in [0.1, 0.15) is 5.78 Å². The molecule has 1 fully saturated rings. The van der Waals surface area contributed by atoms with Crippen LogP contribution in [0.1, 0.15) is 84.0 Å². The number of allylic oxidation sites excluding steroid dienone is 4. The van der Waals surface area contributed by atoms with Gasteiger partial charge in [0.2, 0.25) is 0 Å². The van der Waals surface area contributed by atoms with Gasteiger partial charge in [-0.2, -0.15) is 0 Å². The molecule has 26 heavy (non-hydrogen) atoms. The van der Waals surface area contributed by atoms with Crippen molar-refractivity contribution in [3.8, 4) is 0 Å². The summed E-state index contributed by atoms with van der Waals surface area (Å²) >= 11 is 0. The van der Waals surface area contributed by atoms with Crippen molar-refractivity contribution in [2.24, 2.45) is 11.8 Å². The van der Waals surface area contributed by atoms with Crippen LogP contribution in [-0.2, 0) is 14.4 Å². The van der Waals surface area contributed by atoms with Crippen molar-refractivity contribution in [3.05, 3.63) is 24.3 Å². The van der Waals surface area contributed by atoms with Gasteiger partial charge in [0.05, 0.1) is 0 Å². The lowest BCUT2D eigenvalue weighted by Gasteiger charge is -2.12. The molecule has 0 aromatic rings. The van der Waals surface area contributed by atoms with Crippen LogP contribution in [0.2, 0.25) is 0 Å². The summed E-state index contributed by atoms with van der Waals surface area (Å²) in [4.78, 5) is 34.5. The van der Waals surface area contributed by atoms with Crippen LogP contribution in [0.15, 0.2) is 24.3 Å². The Balaban J connectivity index is 2.32. The molecule has 1 rings (SSSR count). The van der Waals surface area contributed by atoms with E-state index < -0.39 is 5.97 Å². The number of rotatable bonds is 14. The summed E-state index contributed by atoms with van der Waals surface area (Å²) in [6.45, 7) is 2.16. The van der Waals surface area contributed by atoms with E-state index in [2.05, 4.69) is 6.92 Å². The molecule has 1 aliphatic rings. The Labute approximate surface area is 157 Å². The highest BCUT2D eigenvalue weighted by molar-refractivity contribution is 5.90. The SMILES string of the molecule is CCCCCCC(=O)C=CC1CCC(=O)C1CC=CCCCCC(=O)O. The molecular weight excluding hydrogens is 328 g/mol. The number of carbonyl (C=O) groups is 3. The van der Waals surface area contributed by atoms with Crippen LogP contribution in [0, 0.1) is 11.8 Å². The second-order valence-electron chi connectivity index (χ2n) is 7.26. The molecule has 0 spiro atoms. The van der Waals surface area contributed by atoms with Gasteiger partial charge in [-0.05, 0) is 50.5 Å². The smallest absolute Gasteiger partial charge is 0.303 e. The van der Waals surface area contributed by atoms with Crippen molar-refractivity contribution in [1.29, 1.82) is 0 Å². The number of carboxylic acids is 1. The third kappa shape index (κ3) is 9.69. The second-order valence-corrected chi connectivity index (χ2v) is 7.26. The highest BCUT2D eigenvalue weighted by atomic mass is 16.4. The third-order valence-electron chi connectivity index (χ3n) is 5.03. The maximum absolute atomic E-state index is 12.1. The molecule has 1 aliphatic carbocycles. The summed E-state index contributed by atoms with van der Waals surface area (Å²) < 4.78 is 0. The first-order valence-corrected chi connectivity index (χ1v) is 10.1. The first kappa shape index (κ1) is 22.3. The summed E-state index contributed by atoms with van der Waals surface area (Å²) in [5.41, 5.74) is 0. The molecule has 146 valence electrons. The summed E-state index contributed by atoms with van der Waals surface area (Å²) in [6, 6.07) is 0.